The van der Waals surface area contributed by atoms with Crippen LogP contribution in [0.1, 0.15) is 11.1 Å². The Labute approximate surface area is 90.7 Å². The molecule has 0 amide bonds. The van der Waals surface area contributed by atoms with Gasteiger partial charge in [0.25, 0.3) is 0 Å². The lowest BCUT2D eigenvalue weighted by Gasteiger charge is -2.04. The Morgan fingerprint density at radius 1 is 1.33 bits per heavy atom. The van der Waals surface area contributed by atoms with Crippen LogP contribution >= 0.6 is 0 Å². The minimum absolute atomic E-state index is 0.457. The highest BCUT2D eigenvalue weighted by molar-refractivity contribution is 5.82. The molecule has 0 heterocycles. The molecule has 0 saturated carbocycles. The molecule has 1 heteroatoms. The Morgan fingerprint density at radius 3 is 2.40 bits per heavy atom. The van der Waals surface area contributed by atoms with Crippen LogP contribution in [0.25, 0.3) is 5.57 Å². The van der Waals surface area contributed by atoms with Crippen LogP contribution in [0.3, 0.4) is 0 Å². The van der Waals surface area contributed by atoms with E-state index in [2.05, 4.69) is 19.2 Å². The second kappa shape index (κ2) is 4.97. The highest BCUT2D eigenvalue weighted by atomic mass is 14.2. The molecule has 0 aromatic heterocycles. The van der Waals surface area contributed by atoms with Gasteiger partial charge in [-0.3, -0.25) is 0 Å². The van der Waals surface area contributed by atoms with Crippen molar-refractivity contribution in [2.75, 3.05) is 0 Å². The lowest BCUT2D eigenvalue weighted by molar-refractivity contribution is 1.44. The van der Waals surface area contributed by atoms with Crippen molar-refractivity contribution in [3.05, 3.63) is 66.3 Å². The van der Waals surface area contributed by atoms with E-state index in [0.717, 1.165) is 11.1 Å². The Morgan fingerprint density at radius 2 is 1.93 bits per heavy atom. The molecule has 0 bridgehead atoms. The number of hydrogen-bond donors (Lipinski definition) is 0. The standard InChI is InChI=1S/C14H13N/c1-4-5-14(12(3)10-15)13-8-6-11(2)7-9-13/h4-9H,1,3H2,2H3/b14-5+. The van der Waals surface area contributed by atoms with E-state index in [0.29, 0.717) is 5.57 Å². The van der Waals surface area contributed by atoms with Crippen molar-refractivity contribution < 1.29 is 0 Å². The molecule has 0 N–H and O–H groups in total. The molecular weight excluding hydrogens is 182 g/mol. The van der Waals surface area contributed by atoms with Gasteiger partial charge in [0.15, 0.2) is 0 Å². The van der Waals surface area contributed by atoms with Crippen LogP contribution < -0.4 is 0 Å². The Bertz CT molecular complexity index is 441. The molecule has 0 radical (unpaired) electrons. The van der Waals surface area contributed by atoms with Gasteiger partial charge in [-0.2, -0.15) is 5.26 Å². The van der Waals surface area contributed by atoms with E-state index >= 15 is 0 Å². The zero-order valence-electron chi connectivity index (χ0n) is 8.83. The topological polar surface area (TPSA) is 23.8 Å². The van der Waals surface area contributed by atoms with E-state index in [1.165, 1.54) is 5.56 Å². The summed E-state index contributed by atoms with van der Waals surface area (Å²) in [5.41, 5.74) is 3.47. The van der Waals surface area contributed by atoms with Crippen LogP contribution in [-0.4, -0.2) is 0 Å². The summed E-state index contributed by atoms with van der Waals surface area (Å²) >= 11 is 0. The number of rotatable bonds is 3. The van der Waals surface area contributed by atoms with Crippen LogP contribution in [0.15, 0.2) is 55.1 Å². The summed E-state index contributed by atoms with van der Waals surface area (Å²) in [6, 6.07) is 10.0. The van der Waals surface area contributed by atoms with Crippen LogP contribution in [0.5, 0.6) is 0 Å². The van der Waals surface area contributed by atoms with Gasteiger partial charge in [-0.15, -0.1) is 0 Å². The summed E-state index contributed by atoms with van der Waals surface area (Å²) in [7, 11) is 0. The first-order valence-corrected chi connectivity index (χ1v) is 4.68. The Hall–Kier alpha value is -2.07. The number of hydrogen-bond acceptors (Lipinski definition) is 1. The van der Waals surface area contributed by atoms with Crippen molar-refractivity contribution in [1.82, 2.24) is 0 Å². The number of nitrogens with zero attached hydrogens (tertiary/aromatic N) is 1. The largest absolute Gasteiger partial charge is 0.192 e. The minimum Gasteiger partial charge on any atom is -0.192 e. The van der Waals surface area contributed by atoms with Gasteiger partial charge in [-0.05, 0) is 18.1 Å². The Balaban J connectivity index is 3.18. The maximum Gasteiger partial charge on any atom is 0.0991 e. The number of benzene rings is 1. The monoisotopic (exact) mass is 195 g/mol. The van der Waals surface area contributed by atoms with Crippen LogP contribution in [-0.2, 0) is 0 Å². The quantitative estimate of drug-likeness (QED) is 0.533. The van der Waals surface area contributed by atoms with Gasteiger partial charge in [0.1, 0.15) is 0 Å². The molecule has 1 aromatic carbocycles. The van der Waals surface area contributed by atoms with Crippen LogP contribution in [0.4, 0.5) is 0 Å². The van der Waals surface area contributed by atoms with Crippen molar-refractivity contribution >= 4 is 5.57 Å². The first-order valence-electron chi connectivity index (χ1n) is 4.68. The molecule has 0 aliphatic rings. The highest BCUT2D eigenvalue weighted by Crippen LogP contribution is 2.21. The smallest absolute Gasteiger partial charge is 0.0991 e. The molecule has 0 aliphatic heterocycles. The SMILES string of the molecule is C=C/C=C(\C(=C)C#N)c1ccc(C)cc1. The van der Waals surface area contributed by atoms with Gasteiger partial charge < -0.3 is 0 Å². The Kier molecular flexibility index (Phi) is 3.65. The summed E-state index contributed by atoms with van der Waals surface area (Å²) in [5, 5.41) is 8.82. The van der Waals surface area contributed by atoms with E-state index in [1.807, 2.05) is 31.2 Å². The second-order valence-electron chi connectivity index (χ2n) is 3.27. The molecule has 1 aromatic rings. The minimum atomic E-state index is 0.457. The van der Waals surface area contributed by atoms with E-state index in [9.17, 15) is 0 Å². The lowest BCUT2D eigenvalue weighted by atomic mass is 9.98. The average Bonchev–Trinajstić information content (AvgIpc) is 2.26. The predicted molar refractivity (Wildman–Crippen MR) is 64.1 cm³/mol. The van der Waals surface area contributed by atoms with Crippen molar-refractivity contribution in [1.29, 1.82) is 5.26 Å². The summed E-state index contributed by atoms with van der Waals surface area (Å²) in [5.74, 6) is 0. The molecule has 1 rings (SSSR count). The lowest BCUT2D eigenvalue weighted by Crippen LogP contribution is -1.86. The van der Waals surface area contributed by atoms with Crippen LogP contribution in [0, 0.1) is 18.3 Å². The second-order valence-corrected chi connectivity index (χ2v) is 3.27. The third-order valence-corrected chi connectivity index (χ3v) is 2.11. The molecule has 0 saturated heterocycles. The summed E-state index contributed by atoms with van der Waals surface area (Å²) in [6.45, 7) is 9.37. The van der Waals surface area contributed by atoms with Crippen molar-refractivity contribution in [3.8, 4) is 6.07 Å². The van der Waals surface area contributed by atoms with E-state index in [-0.39, 0.29) is 0 Å². The van der Waals surface area contributed by atoms with Gasteiger partial charge in [-0.1, -0.05) is 55.1 Å². The number of aryl methyl sites for hydroxylation is 1. The molecule has 0 spiro atoms. The fraction of sp³-hybridized carbons (Fsp3) is 0.0714. The first kappa shape index (κ1) is 11.0. The summed E-state index contributed by atoms with van der Waals surface area (Å²) < 4.78 is 0. The van der Waals surface area contributed by atoms with Crippen LogP contribution in [0.2, 0.25) is 0 Å². The highest BCUT2D eigenvalue weighted by Gasteiger charge is 2.03. The maximum absolute atomic E-state index is 8.82. The van der Waals surface area contributed by atoms with Gasteiger partial charge in [0, 0.05) is 0 Å². The third kappa shape index (κ3) is 2.69. The first-order chi connectivity index (χ1) is 7.19. The van der Waals surface area contributed by atoms with Gasteiger partial charge in [-0.25, -0.2) is 0 Å². The van der Waals surface area contributed by atoms with Gasteiger partial charge in [0.2, 0.25) is 0 Å². The average molecular weight is 195 g/mol. The summed E-state index contributed by atoms with van der Waals surface area (Å²) in [6.07, 6.45) is 3.47. The van der Waals surface area contributed by atoms with E-state index in [4.69, 9.17) is 5.26 Å². The fourth-order valence-electron chi connectivity index (χ4n) is 1.28. The number of allylic oxidation sites excluding steroid dienone is 4. The van der Waals surface area contributed by atoms with Gasteiger partial charge >= 0.3 is 0 Å². The van der Waals surface area contributed by atoms with Crippen molar-refractivity contribution in [2.24, 2.45) is 0 Å². The van der Waals surface area contributed by atoms with Crippen molar-refractivity contribution in [3.63, 3.8) is 0 Å². The molecular formula is C14H13N. The van der Waals surface area contributed by atoms with Crippen molar-refractivity contribution in [2.45, 2.75) is 6.92 Å². The molecule has 0 unspecified atom stereocenters. The fourth-order valence-corrected chi connectivity index (χ4v) is 1.28. The van der Waals surface area contributed by atoms with E-state index < -0.39 is 0 Å². The maximum atomic E-state index is 8.82. The van der Waals surface area contributed by atoms with E-state index in [1.54, 1.807) is 12.2 Å². The molecule has 0 fully saturated rings. The summed E-state index contributed by atoms with van der Waals surface area (Å²) in [4.78, 5) is 0. The molecule has 0 atom stereocenters. The zero-order chi connectivity index (χ0) is 11.3. The zero-order valence-corrected chi connectivity index (χ0v) is 8.83. The number of nitriles is 1. The third-order valence-electron chi connectivity index (χ3n) is 2.11. The molecule has 1 nitrogen and oxygen atoms in total. The molecule has 74 valence electrons. The molecule has 0 aliphatic carbocycles. The molecule has 15 heavy (non-hydrogen) atoms. The normalized spacial score (nSPS) is 10.5. The predicted octanol–water partition coefficient (Wildman–Crippen LogP) is 3.64. The van der Waals surface area contributed by atoms with Gasteiger partial charge in [0.05, 0.1) is 11.6 Å².